The van der Waals surface area contributed by atoms with Gasteiger partial charge in [0.15, 0.2) is 0 Å². The molecule has 2 atom stereocenters. The van der Waals surface area contributed by atoms with Crippen molar-refractivity contribution in [3.05, 3.63) is 98.5 Å². The van der Waals surface area contributed by atoms with Crippen molar-refractivity contribution in [2.24, 2.45) is 0 Å². The first-order valence-corrected chi connectivity index (χ1v) is 16.1. The smallest absolute Gasteiger partial charge is 0.244 e. The second kappa shape index (κ2) is 14.4. The maximum Gasteiger partial charge on any atom is 0.244 e. The lowest BCUT2D eigenvalue weighted by Gasteiger charge is -2.34. The normalized spacial score (nSPS) is 12.9. The summed E-state index contributed by atoms with van der Waals surface area (Å²) in [4.78, 5) is 29.3. The summed E-state index contributed by atoms with van der Waals surface area (Å²) in [5, 5.41) is 3.24. The fourth-order valence-corrected chi connectivity index (χ4v) is 5.85. The van der Waals surface area contributed by atoms with Crippen molar-refractivity contribution in [2.45, 2.75) is 52.2 Å². The van der Waals surface area contributed by atoms with Gasteiger partial charge in [0.2, 0.25) is 21.8 Å². The summed E-state index contributed by atoms with van der Waals surface area (Å²) in [7, 11) is -4.01. The number of rotatable bonds is 12. The van der Waals surface area contributed by atoms with Gasteiger partial charge in [-0.25, -0.2) is 8.42 Å². The van der Waals surface area contributed by atoms with Crippen molar-refractivity contribution in [2.75, 3.05) is 17.1 Å². The first kappa shape index (κ1) is 32.7. The molecule has 0 fully saturated rings. The minimum atomic E-state index is -4.01. The van der Waals surface area contributed by atoms with Crippen molar-refractivity contribution < 1.29 is 18.0 Å². The Kier molecular flexibility index (Phi) is 11.5. The second-order valence-corrected chi connectivity index (χ2v) is 13.1. The Hall–Kier alpha value is -2.78. The van der Waals surface area contributed by atoms with Crippen LogP contribution in [0.4, 0.5) is 5.69 Å². The van der Waals surface area contributed by atoms with Crippen LogP contribution in [0.3, 0.4) is 0 Å². The zero-order valence-corrected chi connectivity index (χ0v) is 26.5. The summed E-state index contributed by atoms with van der Waals surface area (Å²) < 4.78 is 26.8. The lowest BCUT2D eigenvalue weighted by molar-refractivity contribution is -0.140. The summed E-state index contributed by atoms with van der Waals surface area (Å²) in [5.41, 5.74) is 2.65. The van der Waals surface area contributed by atoms with Crippen molar-refractivity contribution in [3.8, 4) is 0 Å². The summed E-state index contributed by atoms with van der Waals surface area (Å²) in [5.74, 6) is -0.915. The molecule has 0 saturated heterocycles. The van der Waals surface area contributed by atoms with Gasteiger partial charge in [0.05, 0.1) is 27.0 Å². The predicted molar refractivity (Wildman–Crippen MR) is 167 cm³/mol. The molecule has 41 heavy (non-hydrogen) atoms. The van der Waals surface area contributed by atoms with Crippen molar-refractivity contribution in [3.63, 3.8) is 0 Å². The number of hydrogen-bond acceptors (Lipinski definition) is 4. The zero-order valence-electron chi connectivity index (χ0n) is 23.4. The van der Waals surface area contributed by atoms with Gasteiger partial charge < -0.3 is 10.2 Å². The number of benzene rings is 3. The molecule has 3 aromatic rings. The third kappa shape index (κ3) is 9.10. The third-order valence-electron chi connectivity index (χ3n) is 6.65. The second-order valence-electron chi connectivity index (χ2n) is 10.0. The monoisotopic (exact) mass is 637 g/mol. The summed E-state index contributed by atoms with van der Waals surface area (Å²) in [6, 6.07) is 18.6. The average Bonchev–Trinajstić information content (AvgIpc) is 2.91. The van der Waals surface area contributed by atoms with Crippen LogP contribution >= 0.6 is 34.8 Å². The summed E-state index contributed by atoms with van der Waals surface area (Å²) in [6.45, 7) is 5.26. The third-order valence-corrected chi connectivity index (χ3v) is 8.80. The number of anilines is 1. The average molecular weight is 639 g/mol. The van der Waals surface area contributed by atoms with Crippen LogP contribution in [0, 0.1) is 6.92 Å². The number of amides is 2. The fraction of sp³-hybridized carbons (Fsp3) is 0.333. The highest BCUT2D eigenvalue weighted by Crippen LogP contribution is 2.35. The summed E-state index contributed by atoms with van der Waals surface area (Å²) >= 11 is 18.6. The topological polar surface area (TPSA) is 86.8 Å². The Balaban J connectivity index is 2.10. The van der Waals surface area contributed by atoms with Crippen LogP contribution in [0.2, 0.25) is 15.1 Å². The number of carbonyl (C=O) groups is 2. The summed E-state index contributed by atoms with van der Waals surface area (Å²) in [6.07, 6.45) is 1.90. The molecule has 220 valence electrons. The molecular formula is C30H34Cl3N3O4S. The molecule has 7 nitrogen and oxygen atoms in total. The first-order chi connectivity index (χ1) is 19.3. The number of aryl methyl sites for hydroxylation is 1. The molecule has 3 rings (SSSR count). The van der Waals surface area contributed by atoms with Crippen molar-refractivity contribution in [1.29, 1.82) is 0 Å². The van der Waals surface area contributed by atoms with E-state index in [9.17, 15) is 18.0 Å². The van der Waals surface area contributed by atoms with Crippen LogP contribution in [-0.4, -0.2) is 50.0 Å². The molecule has 0 unspecified atom stereocenters. The molecular weight excluding hydrogens is 605 g/mol. The molecule has 0 aliphatic rings. The lowest BCUT2D eigenvalue weighted by Crippen LogP contribution is -2.54. The van der Waals surface area contributed by atoms with Gasteiger partial charge in [-0.1, -0.05) is 102 Å². The quantitative estimate of drug-likeness (QED) is 0.237. The first-order valence-electron chi connectivity index (χ1n) is 13.1. The van der Waals surface area contributed by atoms with Crippen LogP contribution in [0.5, 0.6) is 0 Å². The van der Waals surface area contributed by atoms with Gasteiger partial charge in [0.1, 0.15) is 12.6 Å². The Morgan fingerprint density at radius 2 is 1.54 bits per heavy atom. The highest BCUT2D eigenvalue weighted by Gasteiger charge is 2.34. The highest BCUT2D eigenvalue weighted by molar-refractivity contribution is 7.92. The number of carbonyl (C=O) groups excluding carboxylic acids is 2. The molecule has 11 heteroatoms. The Bertz CT molecular complexity index is 1490. The van der Waals surface area contributed by atoms with Gasteiger partial charge in [-0.05, 0) is 43.5 Å². The Morgan fingerprint density at radius 3 is 2.15 bits per heavy atom. The van der Waals surface area contributed by atoms with Gasteiger partial charge in [0.25, 0.3) is 0 Å². The number of hydrogen-bond donors (Lipinski definition) is 1. The minimum absolute atomic E-state index is 0.0103. The van der Waals surface area contributed by atoms with E-state index in [1.54, 1.807) is 0 Å². The van der Waals surface area contributed by atoms with E-state index in [1.807, 2.05) is 75.4 Å². The molecule has 3 aromatic carbocycles. The van der Waals surface area contributed by atoms with E-state index in [4.69, 9.17) is 34.8 Å². The van der Waals surface area contributed by atoms with Crippen molar-refractivity contribution >= 4 is 62.3 Å². The van der Waals surface area contributed by atoms with E-state index >= 15 is 0 Å². The molecule has 0 spiro atoms. The number of sulfonamides is 1. The van der Waals surface area contributed by atoms with E-state index in [0.29, 0.717) is 6.42 Å². The maximum atomic E-state index is 14.2. The molecule has 1 N–H and O–H groups in total. The lowest BCUT2D eigenvalue weighted by atomic mass is 10.0. The number of nitrogens with zero attached hydrogens (tertiary/aromatic N) is 2. The van der Waals surface area contributed by atoms with Crippen LogP contribution in [0.1, 0.15) is 37.0 Å². The van der Waals surface area contributed by atoms with E-state index in [0.717, 1.165) is 27.3 Å². The zero-order chi connectivity index (χ0) is 30.3. The Morgan fingerprint density at radius 1 is 0.902 bits per heavy atom. The fourth-order valence-electron chi connectivity index (χ4n) is 4.30. The Labute approximate surface area is 257 Å². The van der Waals surface area contributed by atoms with Gasteiger partial charge in [-0.3, -0.25) is 13.9 Å². The minimum Gasteiger partial charge on any atom is -0.352 e. The highest BCUT2D eigenvalue weighted by atomic mass is 35.5. The maximum absolute atomic E-state index is 14.2. The predicted octanol–water partition coefficient (Wildman–Crippen LogP) is 6.28. The number of nitrogens with one attached hydrogen (secondary N) is 1. The van der Waals surface area contributed by atoms with Crippen LogP contribution in [0.25, 0.3) is 0 Å². The molecule has 0 aliphatic heterocycles. The number of halogens is 3. The van der Waals surface area contributed by atoms with E-state index in [2.05, 4.69) is 5.32 Å². The van der Waals surface area contributed by atoms with Crippen LogP contribution in [-0.2, 0) is 32.6 Å². The molecule has 0 heterocycles. The molecule has 0 bridgehead atoms. The standard InChI is InChI=1S/C30H34Cl3N3O4S/c1-5-21(3)34-30(38)28(15-22-11-7-6-8-12-22)35(18-23-13-9-10-20(2)14-23)29(37)19-36(41(4,39)40)27-17-25(32)24(31)16-26(27)33/h6-14,16-17,21,28H,5,15,18-19H2,1-4H3,(H,34,38)/t21-,28+/m1/s1. The SMILES string of the molecule is CC[C@@H](C)NC(=O)[C@H](Cc1ccccc1)N(Cc1cccc(C)c1)C(=O)CN(c1cc(Cl)c(Cl)cc1Cl)S(C)(=O)=O. The van der Waals surface area contributed by atoms with Crippen LogP contribution in [0.15, 0.2) is 66.7 Å². The van der Waals surface area contributed by atoms with Crippen LogP contribution < -0.4 is 9.62 Å². The molecule has 0 radical (unpaired) electrons. The van der Waals surface area contributed by atoms with Gasteiger partial charge in [0, 0.05) is 19.0 Å². The van der Waals surface area contributed by atoms with Gasteiger partial charge in [-0.15, -0.1) is 0 Å². The molecule has 0 saturated carbocycles. The van der Waals surface area contributed by atoms with E-state index in [1.165, 1.54) is 17.0 Å². The largest absolute Gasteiger partial charge is 0.352 e. The molecule has 0 aliphatic carbocycles. The molecule has 0 aromatic heterocycles. The van der Waals surface area contributed by atoms with Crippen molar-refractivity contribution in [1.82, 2.24) is 10.2 Å². The van der Waals surface area contributed by atoms with Gasteiger partial charge >= 0.3 is 0 Å². The molecule has 2 amide bonds. The van der Waals surface area contributed by atoms with Gasteiger partial charge in [-0.2, -0.15) is 0 Å². The van der Waals surface area contributed by atoms with E-state index < -0.39 is 28.5 Å². The van der Waals surface area contributed by atoms with E-state index in [-0.39, 0.29) is 45.7 Å².